The fourth-order valence-electron chi connectivity index (χ4n) is 4.59. The lowest BCUT2D eigenvalue weighted by molar-refractivity contribution is -0.141. The van der Waals surface area contributed by atoms with E-state index in [1.165, 1.54) is 12.0 Å². The highest BCUT2D eigenvalue weighted by atomic mass is 32.2. The number of amides is 5. The van der Waals surface area contributed by atoms with Crippen LogP contribution in [0.1, 0.15) is 79.1 Å². The van der Waals surface area contributed by atoms with Crippen LogP contribution in [0.3, 0.4) is 0 Å². The first-order chi connectivity index (χ1) is 28.6. The summed E-state index contributed by atoms with van der Waals surface area (Å²) in [5, 5.41) is 13.7. The van der Waals surface area contributed by atoms with Gasteiger partial charge in [0.2, 0.25) is 29.5 Å². The van der Waals surface area contributed by atoms with Crippen LogP contribution >= 0.6 is 23.5 Å². The molecule has 1 heterocycles. The molecular formula is C39H74N6O12S2. The molecular weight excluding hydrogens is 809 g/mol. The van der Waals surface area contributed by atoms with E-state index >= 15 is 0 Å². The Morgan fingerprint density at radius 1 is 0.797 bits per heavy atom. The number of imide groups is 1. The van der Waals surface area contributed by atoms with Gasteiger partial charge in [0.1, 0.15) is 6.29 Å². The largest absolute Gasteiger partial charge is 0.469 e. The highest BCUT2D eigenvalue weighted by Gasteiger charge is 2.38. The van der Waals surface area contributed by atoms with E-state index in [4.69, 9.17) is 18.9 Å². The van der Waals surface area contributed by atoms with Gasteiger partial charge in [-0.05, 0) is 45.0 Å². The molecule has 0 aromatic rings. The quantitative estimate of drug-likeness (QED) is 0.0196. The third-order valence-corrected chi connectivity index (χ3v) is 10.3. The number of aldehydes is 1. The third-order valence-electron chi connectivity index (χ3n) is 7.86. The number of esters is 1. The van der Waals surface area contributed by atoms with Gasteiger partial charge in [0.15, 0.2) is 0 Å². The highest BCUT2D eigenvalue weighted by molar-refractivity contribution is 8.01. The average molecular weight is 883 g/mol. The summed E-state index contributed by atoms with van der Waals surface area (Å²) in [6.45, 7) is 13.3. The molecule has 1 fully saturated rings. The summed E-state index contributed by atoms with van der Waals surface area (Å²) < 4.78 is 26.2. The van der Waals surface area contributed by atoms with Crippen molar-refractivity contribution in [2.45, 2.75) is 89.6 Å². The number of nitrogens with zero attached hydrogens (tertiary/aromatic N) is 1. The molecule has 1 saturated heterocycles. The van der Waals surface area contributed by atoms with Crippen LogP contribution in [0.5, 0.6) is 0 Å². The summed E-state index contributed by atoms with van der Waals surface area (Å²) in [6, 6.07) is 0. The Morgan fingerprint density at radius 2 is 1.42 bits per heavy atom. The van der Waals surface area contributed by atoms with Gasteiger partial charge in [-0.25, -0.2) is 0 Å². The summed E-state index contributed by atoms with van der Waals surface area (Å²) in [5.74, 6) is 0.675. The second-order valence-electron chi connectivity index (χ2n) is 12.6. The van der Waals surface area contributed by atoms with Gasteiger partial charge in [-0.1, -0.05) is 34.1 Å². The zero-order chi connectivity index (χ0) is 44.4. The standard InChI is InChI=1S/C26H46N4O9S.C11H22N2O3S.C2H6/c1-3-21(2)40-22-19-25(34)30(26(22)35)9-4-6-27-8-12-37-14-16-39-18-17-38-15-13-36-11-5-23(32)29-20-24(33)28-7-10-31;1-12-8-10(14)13-9-17-7-5-3-4-6-11(15)16-2;1-2/h10,21-22,27H,3-9,11-20H2,1-2H3,(H,28,33)(H,29,32);12H,3-9H2,1-2H3,(H,13,14);1-2H3. The Labute approximate surface area is 360 Å². The predicted octanol–water partition coefficient (Wildman–Crippen LogP) is 1.29. The minimum atomic E-state index is -0.426. The van der Waals surface area contributed by atoms with Gasteiger partial charge in [0.25, 0.3) is 0 Å². The van der Waals surface area contributed by atoms with Gasteiger partial charge >= 0.3 is 5.97 Å². The number of carbonyl (C=O) groups excluding carboxylic acids is 7. The SMILES string of the molecule is CC.CCC(C)SC1CC(=O)N(CCCNCCOCCOCCOCCOCCC(=O)NCC(=O)NCC=O)C1=O.CNCC(=O)NCSCCCCCC(=O)OC. The lowest BCUT2D eigenvalue weighted by Gasteiger charge is -2.16. The van der Waals surface area contributed by atoms with Crippen LogP contribution in [-0.4, -0.2) is 175 Å². The third kappa shape index (κ3) is 36.7. The molecule has 1 rings (SSSR count). The van der Waals surface area contributed by atoms with E-state index in [0.717, 1.165) is 31.4 Å². The summed E-state index contributed by atoms with van der Waals surface area (Å²) >= 11 is 3.30. The van der Waals surface area contributed by atoms with Gasteiger partial charge < -0.3 is 55.1 Å². The van der Waals surface area contributed by atoms with Crippen molar-refractivity contribution < 1.29 is 57.2 Å². The van der Waals surface area contributed by atoms with Gasteiger partial charge in [0, 0.05) is 37.6 Å². The number of methoxy groups -OCH3 is 1. The van der Waals surface area contributed by atoms with Crippen molar-refractivity contribution in [2.75, 3.05) is 118 Å². The van der Waals surface area contributed by atoms with Crippen molar-refractivity contribution >= 4 is 65.3 Å². The summed E-state index contributed by atoms with van der Waals surface area (Å²) in [7, 11) is 3.15. The van der Waals surface area contributed by atoms with E-state index in [-0.39, 0.29) is 61.0 Å². The fraction of sp³-hybridized carbons (Fsp3) is 0.821. The van der Waals surface area contributed by atoms with Crippen LogP contribution in [-0.2, 0) is 57.2 Å². The summed E-state index contributed by atoms with van der Waals surface area (Å²) in [5.41, 5.74) is 0. The molecule has 344 valence electrons. The van der Waals surface area contributed by atoms with Gasteiger partial charge in [-0.2, -0.15) is 0 Å². The molecule has 0 radical (unpaired) electrons. The maximum atomic E-state index is 12.4. The molecule has 5 amide bonds. The van der Waals surface area contributed by atoms with Gasteiger partial charge in [-0.3, -0.25) is 33.7 Å². The summed E-state index contributed by atoms with van der Waals surface area (Å²) in [6.07, 6.45) is 6.15. The first-order valence-electron chi connectivity index (χ1n) is 20.6. The van der Waals surface area contributed by atoms with E-state index in [1.807, 2.05) is 13.8 Å². The van der Waals surface area contributed by atoms with Crippen LogP contribution in [0.2, 0.25) is 0 Å². The van der Waals surface area contributed by atoms with E-state index in [1.54, 1.807) is 30.6 Å². The molecule has 2 atom stereocenters. The van der Waals surface area contributed by atoms with Crippen molar-refractivity contribution in [3.05, 3.63) is 0 Å². The number of nitrogens with one attached hydrogen (secondary N) is 5. The lowest BCUT2D eigenvalue weighted by atomic mass is 10.2. The predicted molar refractivity (Wildman–Crippen MR) is 231 cm³/mol. The second-order valence-corrected chi connectivity index (χ2v) is 15.3. The molecule has 0 spiro atoms. The molecule has 5 N–H and O–H groups in total. The number of thioether (sulfide) groups is 2. The number of hydrogen-bond donors (Lipinski definition) is 5. The molecule has 0 aromatic heterocycles. The lowest BCUT2D eigenvalue weighted by Crippen LogP contribution is -2.37. The van der Waals surface area contributed by atoms with Crippen LogP contribution in [0.4, 0.5) is 0 Å². The van der Waals surface area contributed by atoms with Crippen molar-refractivity contribution in [1.82, 2.24) is 31.5 Å². The van der Waals surface area contributed by atoms with Crippen LogP contribution < -0.4 is 26.6 Å². The molecule has 0 aromatic carbocycles. The number of unbranched alkanes of at least 4 members (excludes halogenated alkanes) is 2. The summed E-state index contributed by atoms with van der Waals surface area (Å²) in [4.78, 5) is 80.8. The molecule has 2 unspecified atom stereocenters. The Hall–Kier alpha value is -2.85. The van der Waals surface area contributed by atoms with E-state index in [9.17, 15) is 33.6 Å². The number of likely N-dealkylation sites (N-methyl/N-ethyl adjacent to an activating group) is 1. The minimum Gasteiger partial charge on any atom is -0.469 e. The van der Waals surface area contributed by atoms with Crippen molar-refractivity contribution in [2.24, 2.45) is 0 Å². The van der Waals surface area contributed by atoms with Crippen molar-refractivity contribution in [3.8, 4) is 0 Å². The molecule has 59 heavy (non-hydrogen) atoms. The van der Waals surface area contributed by atoms with Crippen LogP contribution in [0.15, 0.2) is 0 Å². The highest BCUT2D eigenvalue weighted by Crippen LogP contribution is 2.29. The Bertz CT molecular complexity index is 1130. The molecule has 0 bridgehead atoms. The molecule has 0 aliphatic carbocycles. The first kappa shape index (κ1) is 58.2. The number of hydrogen-bond acceptors (Lipinski definition) is 16. The van der Waals surface area contributed by atoms with Crippen LogP contribution in [0.25, 0.3) is 0 Å². The van der Waals surface area contributed by atoms with E-state index < -0.39 is 5.91 Å². The monoisotopic (exact) mass is 882 g/mol. The zero-order valence-corrected chi connectivity index (χ0v) is 38.0. The smallest absolute Gasteiger partial charge is 0.305 e. The second kappa shape index (κ2) is 43.2. The number of ether oxygens (including phenoxy) is 5. The Kier molecular flexibility index (Phi) is 42.7. The molecule has 1 aliphatic heterocycles. The minimum absolute atomic E-state index is 0.0192. The molecule has 20 heteroatoms. The van der Waals surface area contributed by atoms with Gasteiger partial charge in [0.05, 0.1) is 90.7 Å². The molecule has 18 nitrogen and oxygen atoms in total. The van der Waals surface area contributed by atoms with Crippen LogP contribution in [0, 0.1) is 0 Å². The Morgan fingerprint density at radius 3 is 2.03 bits per heavy atom. The molecule has 1 aliphatic rings. The average Bonchev–Trinajstić information content (AvgIpc) is 3.50. The molecule has 0 saturated carbocycles. The van der Waals surface area contributed by atoms with E-state index in [2.05, 4.69) is 45.2 Å². The van der Waals surface area contributed by atoms with Gasteiger partial charge in [-0.15, -0.1) is 23.5 Å². The zero-order valence-electron chi connectivity index (χ0n) is 36.4. The van der Waals surface area contributed by atoms with E-state index in [0.29, 0.717) is 109 Å². The number of rotatable bonds is 36. The first-order valence-corrected chi connectivity index (χ1v) is 22.7. The normalized spacial score (nSPS) is 13.7. The number of likely N-dealkylation sites (tertiary alicyclic amines) is 1. The Balaban J connectivity index is 0. The van der Waals surface area contributed by atoms with Crippen molar-refractivity contribution in [1.29, 1.82) is 0 Å². The number of carbonyl (C=O) groups is 7. The van der Waals surface area contributed by atoms with Crippen molar-refractivity contribution in [3.63, 3.8) is 0 Å². The maximum absolute atomic E-state index is 12.4. The fourth-order valence-corrected chi connectivity index (χ4v) is 6.64. The topological polar surface area (TPSA) is 229 Å². The maximum Gasteiger partial charge on any atom is 0.305 e.